The summed E-state index contributed by atoms with van der Waals surface area (Å²) in [5.41, 5.74) is 0. The minimum atomic E-state index is 0.758. The Kier molecular flexibility index (Phi) is 4.35. The summed E-state index contributed by atoms with van der Waals surface area (Å²) in [5, 5.41) is 3.77. The van der Waals surface area contributed by atoms with Crippen molar-refractivity contribution in [3.8, 4) is 0 Å². The van der Waals surface area contributed by atoms with E-state index < -0.39 is 0 Å². The normalized spacial score (nSPS) is 33.0. The highest BCUT2D eigenvalue weighted by molar-refractivity contribution is 7.99. The first-order valence-electron chi connectivity index (χ1n) is 6.32. The maximum atomic E-state index is 3.77. The van der Waals surface area contributed by atoms with E-state index in [2.05, 4.69) is 35.8 Å². The van der Waals surface area contributed by atoms with Crippen LogP contribution in [0.2, 0.25) is 0 Å². The number of fused-ring (bicyclic) bond motifs is 1. The summed E-state index contributed by atoms with van der Waals surface area (Å²) < 4.78 is 0. The van der Waals surface area contributed by atoms with Gasteiger partial charge in [0.25, 0.3) is 0 Å². The highest BCUT2D eigenvalue weighted by atomic mass is 32.2. The zero-order valence-corrected chi connectivity index (χ0v) is 10.9. The van der Waals surface area contributed by atoms with Gasteiger partial charge in [0.2, 0.25) is 0 Å². The van der Waals surface area contributed by atoms with Crippen LogP contribution >= 0.6 is 11.8 Å². The molecule has 3 heteroatoms. The number of rotatable bonds is 3. The van der Waals surface area contributed by atoms with Gasteiger partial charge in [0, 0.05) is 30.1 Å². The lowest BCUT2D eigenvalue weighted by Crippen LogP contribution is -2.57. The van der Waals surface area contributed by atoms with E-state index in [9.17, 15) is 0 Å². The predicted octanol–water partition coefficient (Wildman–Crippen LogP) is 1.81. The van der Waals surface area contributed by atoms with Crippen LogP contribution in [0, 0.1) is 5.92 Å². The van der Waals surface area contributed by atoms with Crippen LogP contribution in [-0.2, 0) is 0 Å². The summed E-state index contributed by atoms with van der Waals surface area (Å²) in [5.74, 6) is 3.46. The topological polar surface area (TPSA) is 15.3 Å². The van der Waals surface area contributed by atoms with Crippen LogP contribution in [0.3, 0.4) is 0 Å². The molecule has 2 heterocycles. The standard InChI is InChI=1S/C12H24N2S/c1-10(2)8-13-11-4-3-5-14-6-7-15-9-12(11)14/h10-13H,3-9H2,1-2H3. The zero-order valence-electron chi connectivity index (χ0n) is 10.0. The molecule has 2 aliphatic rings. The number of hydrogen-bond acceptors (Lipinski definition) is 3. The Hall–Kier alpha value is 0.270. The van der Waals surface area contributed by atoms with Crippen molar-refractivity contribution < 1.29 is 0 Å². The lowest BCUT2D eigenvalue weighted by Gasteiger charge is -2.44. The smallest absolute Gasteiger partial charge is 0.0340 e. The molecular formula is C12H24N2S. The molecule has 88 valence electrons. The molecule has 2 saturated heterocycles. The van der Waals surface area contributed by atoms with Crippen molar-refractivity contribution in [1.82, 2.24) is 10.2 Å². The zero-order chi connectivity index (χ0) is 10.7. The third kappa shape index (κ3) is 3.11. The monoisotopic (exact) mass is 228 g/mol. The van der Waals surface area contributed by atoms with E-state index in [-0.39, 0.29) is 0 Å². The van der Waals surface area contributed by atoms with Gasteiger partial charge < -0.3 is 5.32 Å². The average molecular weight is 228 g/mol. The average Bonchev–Trinajstić information content (AvgIpc) is 2.26. The molecule has 0 radical (unpaired) electrons. The lowest BCUT2D eigenvalue weighted by atomic mass is 9.96. The Morgan fingerprint density at radius 2 is 2.27 bits per heavy atom. The van der Waals surface area contributed by atoms with Crippen molar-refractivity contribution in [1.29, 1.82) is 0 Å². The van der Waals surface area contributed by atoms with Gasteiger partial charge in [-0.1, -0.05) is 13.8 Å². The predicted molar refractivity (Wildman–Crippen MR) is 68.5 cm³/mol. The molecule has 2 unspecified atom stereocenters. The van der Waals surface area contributed by atoms with E-state index in [0.717, 1.165) is 18.0 Å². The van der Waals surface area contributed by atoms with E-state index >= 15 is 0 Å². The van der Waals surface area contributed by atoms with Crippen LogP contribution in [0.5, 0.6) is 0 Å². The van der Waals surface area contributed by atoms with Crippen LogP contribution in [0.15, 0.2) is 0 Å². The second-order valence-electron chi connectivity index (χ2n) is 5.23. The molecule has 0 aromatic carbocycles. The van der Waals surface area contributed by atoms with Crippen LogP contribution in [0.25, 0.3) is 0 Å². The molecule has 15 heavy (non-hydrogen) atoms. The highest BCUT2D eigenvalue weighted by Crippen LogP contribution is 2.25. The number of piperidine rings is 1. The van der Waals surface area contributed by atoms with E-state index in [1.807, 2.05) is 0 Å². The Bertz CT molecular complexity index is 194. The largest absolute Gasteiger partial charge is 0.312 e. The SMILES string of the molecule is CC(C)CNC1CCCN2CCSCC12. The first-order chi connectivity index (χ1) is 7.27. The van der Waals surface area contributed by atoms with Gasteiger partial charge in [0.05, 0.1) is 0 Å². The summed E-state index contributed by atoms with van der Waals surface area (Å²) in [6.45, 7) is 8.42. The Balaban J connectivity index is 1.86. The summed E-state index contributed by atoms with van der Waals surface area (Å²) >= 11 is 2.14. The van der Waals surface area contributed by atoms with E-state index in [1.54, 1.807) is 0 Å². The van der Waals surface area contributed by atoms with Crippen molar-refractivity contribution >= 4 is 11.8 Å². The third-order valence-corrected chi connectivity index (χ3v) is 4.54. The summed E-state index contributed by atoms with van der Waals surface area (Å²) in [6.07, 6.45) is 2.77. The maximum absolute atomic E-state index is 3.77. The summed E-state index contributed by atoms with van der Waals surface area (Å²) in [7, 11) is 0. The first-order valence-corrected chi connectivity index (χ1v) is 7.48. The molecule has 0 aromatic heterocycles. The van der Waals surface area contributed by atoms with Gasteiger partial charge in [-0.2, -0.15) is 11.8 Å². The van der Waals surface area contributed by atoms with Gasteiger partial charge in [0.1, 0.15) is 0 Å². The maximum Gasteiger partial charge on any atom is 0.0340 e. The van der Waals surface area contributed by atoms with E-state index in [4.69, 9.17) is 0 Å². The molecule has 1 N–H and O–H groups in total. The second kappa shape index (κ2) is 5.55. The molecule has 2 rings (SSSR count). The van der Waals surface area contributed by atoms with E-state index in [0.29, 0.717) is 0 Å². The van der Waals surface area contributed by atoms with Crippen LogP contribution in [-0.4, -0.2) is 48.1 Å². The first kappa shape index (κ1) is 11.7. The van der Waals surface area contributed by atoms with Gasteiger partial charge in [-0.05, 0) is 31.8 Å². The molecule has 0 spiro atoms. The molecule has 2 fully saturated rings. The molecule has 0 aliphatic carbocycles. The number of nitrogens with one attached hydrogen (secondary N) is 1. The molecule has 2 atom stereocenters. The minimum absolute atomic E-state index is 0.758. The number of hydrogen-bond donors (Lipinski definition) is 1. The van der Waals surface area contributed by atoms with Gasteiger partial charge in [-0.25, -0.2) is 0 Å². The second-order valence-corrected chi connectivity index (χ2v) is 6.38. The Morgan fingerprint density at radius 1 is 1.40 bits per heavy atom. The molecule has 0 saturated carbocycles. The Labute approximate surface area is 98.2 Å². The van der Waals surface area contributed by atoms with Crippen LogP contribution in [0.1, 0.15) is 26.7 Å². The van der Waals surface area contributed by atoms with Crippen molar-refractivity contribution in [2.45, 2.75) is 38.8 Å². The lowest BCUT2D eigenvalue weighted by molar-refractivity contribution is 0.128. The molecule has 2 nitrogen and oxygen atoms in total. The van der Waals surface area contributed by atoms with Gasteiger partial charge in [-0.3, -0.25) is 4.90 Å². The highest BCUT2D eigenvalue weighted by Gasteiger charge is 2.32. The number of thioether (sulfide) groups is 1. The molecule has 2 aliphatic heterocycles. The Morgan fingerprint density at radius 3 is 3.07 bits per heavy atom. The molecule has 0 aromatic rings. The summed E-state index contributed by atoms with van der Waals surface area (Å²) in [4.78, 5) is 2.71. The van der Waals surface area contributed by atoms with Gasteiger partial charge in [-0.15, -0.1) is 0 Å². The molecule has 0 bridgehead atoms. The fraction of sp³-hybridized carbons (Fsp3) is 1.00. The fourth-order valence-corrected chi connectivity index (χ4v) is 3.85. The van der Waals surface area contributed by atoms with Crippen molar-refractivity contribution in [3.63, 3.8) is 0 Å². The van der Waals surface area contributed by atoms with E-state index in [1.165, 1.54) is 44.0 Å². The van der Waals surface area contributed by atoms with Crippen LogP contribution < -0.4 is 5.32 Å². The third-order valence-electron chi connectivity index (χ3n) is 3.49. The molecule has 0 amide bonds. The number of nitrogens with zero attached hydrogens (tertiary/aromatic N) is 1. The van der Waals surface area contributed by atoms with Gasteiger partial charge >= 0.3 is 0 Å². The van der Waals surface area contributed by atoms with Crippen molar-refractivity contribution in [2.24, 2.45) is 5.92 Å². The fourth-order valence-electron chi connectivity index (χ4n) is 2.64. The van der Waals surface area contributed by atoms with Gasteiger partial charge in [0.15, 0.2) is 0 Å². The minimum Gasteiger partial charge on any atom is -0.312 e. The molecular weight excluding hydrogens is 204 g/mol. The summed E-state index contributed by atoms with van der Waals surface area (Å²) in [6, 6.07) is 1.57. The quantitative estimate of drug-likeness (QED) is 0.793. The van der Waals surface area contributed by atoms with Crippen molar-refractivity contribution in [2.75, 3.05) is 31.1 Å². The van der Waals surface area contributed by atoms with Crippen molar-refractivity contribution in [3.05, 3.63) is 0 Å². The van der Waals surface area contributed by atoms with Crippen LogP contribution in [0.4, 0.5) is 0 Å².